The molecule has 2 aromatic rings. The number of nitrogens with zero attached hydrogens (tertiary/aromatic N) is 5. The van der Waals surface area contributed by atoms with Gasteiger partial charge in [-0.2, -0.15) is 0 Å². The Morgan fingerprint density at radius 2 is 2.17 bits per heavy atom. The minimum absolute atomic E-state index is 0.185. The molecule has 94 valence electrons. The molecular formula is C12H16N6. The minimum Gasteiger partial charge on any atom is -0.314 e. The van der Waals surface area contributed by atoms with Crippen molar-refractivity contribution in [2.75, 3.05) is 0 Å². The Hall–Kier alpha value is -1.82. The van der Waals surface area contributed by atoms with Crippen LogP contribution in [0.5, 0.6) is 0 Å². The summed E-state index contributed by atoms with van der Waals surface area (Å²) >= 11 is 0. The standard InChI is InChI=1S/C12H16N6/c1-9(15-7-10-5-13-8-14-6-10)12-17-16-11-3-2-4-18(11)12/h5-6,8-9,15H,2-4,7H2,1H3. The van der Waals surface area contributed by atoms with Gasteiger partial charge in [-0.05, 0) is 13.3 Å². The molecule has 0 aromatic carbocycles. The van der Waals surface area contributed by atoms with E-state index in [9.17, 15) is 0 Å². The third-order valence-electron chi connectivity index (χ3n) is 3.25. The Balaban J connectivity index is 1.66. The molecule has 0 fully saturated rings. The van der Waals surface area contributed by atoms with Gasteiger partial charge in [0.25, 0.3) is 0 Å². The SMILES string of the molecule is CC(NCc1cncnc1)c1nnc2n1CCC2. The number of rotatable bonds is 4. The van der Waals surface area contributed by atoms with Crippen LogP contribution < -0.4 is 5.32 Å². The highest BCUT2D eigenvalue weighted by molar-refractivity contribution is 5.06. The van der Waals surface area contributed by atoms with E-state index in [4.69, 9.17) is 0 Å². The van der Waals surface area contributed by atoms with Gasteiger partial charge in [0.2, 0.25) is 0 Å². The fraction of sp³-hybridized carbons (Fsp3) is 0.500. The van der Waals surface area contributed by atoms with Crippen molar-refractivity contribution < 1.29 is 0 Å². The summed E-state index contributed by atoms with van der Waals surface area (Å²) in [5, 5.41) is 11.9. The summed E-state index contributed by atoms with van der Waals surface area (Å²) in [4.78, 5) is 8.00. The van der Waals surface area contributed by atoms with Crippen molar-refractivity contribution in [1.29, 1.82) is 0 Å². The molecule has 6 nitrogen and oxygen atoms in total. The van der Waals surface area contributed by atoms with E-state index in [1.165, 1.54) is 6.42 Å². The summed E-state index contributed by atoms with van der Waals surface area (Å²) in [6, 6.07) is 0.185. The zero-order chi connectivity index (χ0) is 12.4. The molecular weight excluding hydrogens is 228 g/mol. The van der Waals surface area contributed by atoms with Gasteiger partial charge in [-0.1, -0.05) is 0 Å². The van der Waals surface area contributed by atoms with E-state index >= 15 is 0 Å². The van der Waals surface area contributed by atoms with Gasteiger partial charge in [0.15, 0.2) is 0 Å². The van der Waals surface area contributed by atoms with Crippen LogP contribution in [-0.2, 0) is 19.5 Å². The van der Waals surface area contributed by atoms with Gasteiger partial charge in [0, 0.05) is 37.5 Å². The molecule has 1 atom stereocenters. The molecule has 18 heavy (non-hydrogen) atoms. The minimum atomic E-state index is 0.185. The quantitative estimate of drug-likeness (QED) is 0.864. The molecule has 0 saturated carbocycles. The molecule has 1 aliphatic rings. The van der Waals surface area contributed by atoms with E-state index in [1.807, 2.05) is 12.4 Å². The van der Waals surface area contributed by atoms with E-state index in [0.29, 0.717) is 0 Å². The monoisotopic (exact) mass is 244 g/mol. The summed E-state index contributed by atoms with van der Waals surface area (Å²) < 4.78 is 2.22. The second-order valence-corrected chi connectivity index (χ2v) is 4.58. The van der Waals surface area contributed by atoms with Gasteiger partial charge < -0.3 is 9.88 Å². The maximum atomic E-state index is 4.27. The molecule has 6 heteroatoms. The summed E-state index contributed by atoms with van der Waals surface area (Å²) in [6.45, 7) is 3.89. The predicted molar refractivity (Wildman–Crippen MR) is 65.6 cm³/mol. The Bertz CT molecular complexity index is 521. The van der Waals surface area contributed by atoms with Gasteiger partial charge in [-0.25, -0.2) is 9.97 Å². The van der Waals surface area contributed by atoms with Crippen LogP contribution in [0.2, 0.25) is 0 Å². The van der Waals surface area contributed by atoms with E-state index in [1.54, 1.807) is 6.33 Å². The predicted octanol–water partition coefficient (Wildman–Crippen LogP) is 0.865. The van der Waals surface area contributed by atoms with Crippen molar-refractivity contribution in [3.63, 3.8) is 0 Å². The first-order valence-electron chi connectivity index (χ1n) is 6.24. The Morgan fingerprint density at radius 3 is 3.00 bits per heavy atom. The highest BCUT2D eigenvalue weighted by atomic mass is 15.3. The Morgan fingerprint density at radius 1 is 1.33 bits per heavy atom. The molecule has 1 aliphatic heterocycles. The fourth-order valence-electron chi connectivity index (χ4n) is 2.28. The second kappa shape index (κ2) is 4.81. The third-order valence-corrected chi connectivity index (χ3v) is 3.25. The number of aromatic nitrogens is 5. The van der Waals surface area contributed by atoms with Gasteiger partial charge in [0.05, 0.1) is 6.04 Å². The topological polar surface area (TPSA) is 68.5 Å². The third kappa shape index (κ3) is 2.11. The maximum Gasteiger partial charge on any atom is 0.149 e. The van der Waals surface area contributed by atoms with Crippen LogP contribution in [-0.4, -0.2) is 24.7 Å². The average Bonchev–Trinajstić information content (AvgIpc) is 2.99. The molecule has 0 aliphatic carbocycles. The highest BCUT2D eigenvalue weighted by Crippen LogP contribution is 2.18. The summed E-state index contributed by atoms with van der Waals surface area (Å²) in [6.07, 6.45) is 7.41. The van der Waals surface area contributed by atoms with Gasteiger partial charge in [-0.3, -0.25) is 0 Å². The van der Waals surface area contributed by atoms with E-state index in [0.717, 1.165) is 36.7 Å². The van der Waals surface area contributed by atoms with Gasteiger partial charge >= 0.3 is 0 Å². The van der Waals surface area contributed by atoms with E-state index in [2.05, 4.69) is 37.0 Å². The van der Waals surface area contributed by atoms with Crippen LogP contribution in [0.1, 0.15) is 36.6 Å². The lowest BCUT2D eigenvalue weighted by molar-refractivity contribution is 0.515. The number of hydrogen-bond acceptors (Lipinski definition) is 5. The van der Waals surface area contributed by atoms with E-state index < -0.39 is 0 Å². The Labute approximate surface area is 105 Å². The zero-order valence-corrected chi connectivity index (χ0v) is 10.4. The molecule has 1 unspecified atom stereocenters. The van der Waals surface area contributed by atoms with Crippen LogP contribution in [0.25, 0.3) is 0 Å². The Kier molecular flexibility index (Phi) is 3.02. The molecule has 2 aromatic heterocycles. The van der Waals surface area contributed by atoms with Crippen molar-refractivity contribution in [3.05, 3.63) is 35.9 Å². The molecule has 0 bridgehead atoms. The summed E-state index contributed by atoms with van der Waals surface area (Å²) in [5.74, 6) is 2.14. The highest BCUT2D eigenvalue weighted by Gasteiger charge is 2.20. The fourth-order valence-corrected chi connectivity index (χ4v) is 2.28. The van der Waals surface area contributed by atoms with Crippen molar-refractivity contribution >= 4 is 0 Å². The molecule has 1 N–H and O–H groups in total. The largest absolute Gasteiger partial charge is 0.314 e. The van der Waals surface area contributed by atoms with Crippen LogP contribution in [0.15, 0.2) is 18.7 Å². The first-order valence-corrected chi connectivity index (χ1v) is 6.24. The first-order chi connectivity index (χ1) is 8.84. The second-order valence-electron chi connectivity index (χ2n) is 4.58. The van der Waals surface area contributed by atoms with E-state index in [-0.39, 0.29) is 6.04 Å². The lowest BCUT2D eigenvalue weighted by Crippen LogP contribution is -2.21. The van der Waals surface area contributed by atoms with Gasteiger partial charge in [0.1, 0.15) is 18.0 Å². The summed E-state index contributed by atoms with van der Waals surface area (Å²) in [5.41, 5.74) is 1.07. The zero-order valence-electron chi connectivity index (χ0n) is 10.4. The van der Waals surface area contributed by atoms with Crippen LogP contribution >= 0.6 is 0 Å². The molecule has 0 saturated heterocycles. The van der Waals surface area contributed by atoms with Crippen molar-refractivity contribution in [1.82, 2.24) is 30.0 Å². The molecule has 0 radical (unpaired) electrons. The molecule has 0 spiro atoms. The van der Waals surface area contributed by atoms with Gasteiger partial charge in [-0.15, -0.1) is 10.2 Å². The first kappa shape index (κ1) is 11.3. The number of hydrogen-bond donors (Lipinski definition) is 1. The van der Waals surface area contributed by atoms with Crippen molar-refractivity contribution in [3.8, 4) is 0 Å². The maximum absolute atomic E-state index is 4.27. The average molecular weight is 244 g/mol. The molecule has 3 heterocycles. The lowest BCUT2D eigenvalue weighted by atomic mass is 10.2. The van der Waals surface area contributed by atoms with Crippen LogP contribution in [0.4, 0.5) is 0 Å². The summed E-state index contributed by atoms with van der Waals surface area (Å²) in [7, 11) is 0. The molecule has 3 rings (SSSR count). The van der Waals surface area contributed by atoms with Crippen molar-refractivity contribution in [2.24, 2.45) is 0 Å². The number of fused-ring (bicyclic) bond motifs is 1. The van der Waals surface area contributed by atoms with Crippen molar-refractivity contribution in [2.45, 2.75) is 38.9 Å². The van der Waals surface area contributed by atoms with Crippen LogP contribution in [0.3, 0.4) is 0 Å². The van der Waals surface area contributed by atoms with Crippen LogP contribution in [0, 0.1) is 0 Å². The number of nitrogens with one attached hydrogen (secondary N) is 1. The smallest absolute Gasteiger partial charge is 0.149 e. The lowest BCUT2D eigenvalue weighted by Gasteiger charge is -2.13. The molecule has 0 amide bonds. The number of aryl methyl sites for hydroxylation is 1. The normalized spacial score (nSPS) is 15.6.